The van der Waals surface area contributed by atoms with E-state index in [2.05, 4.69) is 30.6 Å². The zero-order valence-corrected chi connectivity index (χ0v) is 12.7. The summed E-state index contributed by atoms with van der Waals surface area (Å²) in [7, 11) is 0. The Labute approximate surface area is 127 Å². The SMILES string of the molecule is CC(C)(C)NC(=O)CNc1nc(Cl)nc(-n2ccnc2)n1. The predicted molar refractivity (Wildman–Crippen MR) is 78.3 cm³/mol. The zero-order valence-electron chi connectivity index (χ0n) is 12.0. The summed E-state index contributed by atoms with van der Waals surface area (Å²) < 4.78 is 1.59. The van der Waals surface area contributed by atoms with Gasteiger partial charge in [0.1, 0.15) is 6.33 Å². The molecule has 0 saturated heterocycles. The number of hydrogen-bond donors (Lipinski definition) is 2. The molecule has 2 aromatic rings. The first-order chi connectivity index (χ1) is 9.83. The van der Waals surface area contributed by atoms with E-state index in [4.69, 9.17) is 11.6 Å². The molecule has 0 unspecified atom stereocenters. The van der Waals surface area contributed by atoms with Gasteiger partial charge in [-0.1, -0.05) is 0 Å². The molecule has 0 aliphatic carbocycles. The molecule has 0 aromatic carbocycles. The first-order valence-electron chi connectivity index (χ1n) is 6.28. The highest BCUT2D eigenvalue weighted by molar-refractivity contribution is 6.28. The topological polar surface area (TPSA) is 97.6 Å². The fourth-order valence-electron chi connectivity index (χ4n) is 1.53. The Morgan fingerprint density at radius 3 is 2.71 bits per heavy atom. The van der Waals surface area contributed by atoms with Gasteiger partial charge >= 0.3 is 0 Å². The van der Waals surface area contributed by atoms with Crippen LogP contribution in [0.5, 0.6) is 0 Å². The smallest absolute Gasteiger partial charge is 0.241 e. The molecular formula is C12H16ClN7O. The van der Waals surface area contributed by atoms with Gasteiger partial charge in [0, 0.05) is 17.9 Å². The van der Waals surface area contributed by atoms with E-state index in [-0.39, 0.29) is 29.2 Å². The van der Waals surface area contributed by atoms with Crippen LogP contribution < -0.4 is 10.6 Å². The van der Waals surface area contributed by atoms with Crippen LogP contribution >= 0.6 is 11.6 Å². The molecule has 0 fully saturated rings. The maximum Gasteiger partial charge on any atom is 0.241 e. The lowest BCUT2D eigenvalue weighted by atomic mass is 10.1. The summed E-state index contributed by atoms with van der Waals surface area (Å²) in [6, 6.07) is 0. The second-order valence-corrected chi connectivity index (χ2v) is 5.69. The maximum absolute atomic E-state index is 11.7. The summed E-state index contributed by atoms with van der Waals surface area (Å²) in [6.07, 6.45) is 4.82. The van der Waals surface area contributed by atoms with Crippen molar-refractivity contribution in [3.63, 3.8) is 0 Å². The Balaban J connectivity index is 2.06. The van der Waals surface area contributed by atoms with Crippen LogP contribution in [0.25, 0.3) is 5.95 Å². The number of carbonyl (C=O) groups is 1. The molecule has 0 aliphatic heterocycles. The molecule has 0 radical (unpaired) electrons. The summed E-state index contributed by atoms with van der Waals surface area (Å²) in [5, 5.41) is 5.68. The lowest BCUT2D eigenvalue weighted by Crippen LogP contribution is -2.43. The van der Waals surface area contributed by atoms with Crippen molar-refractivity contribution in [3.05, 3.63) is 24.0 Å². The molecule has 112 valence electrons. The van der Waals surface area contributed by atoms with Gasteiger partial charge in [-0.3, -0.25) is 9.36 Å². The van der Waals surface area contributed by atoms with Gasteiger partial charge in [0.05, 0.1) is 6.54 Å². The van der Waals surface area contributed by atoms with Crippen LogP contribution in [0, 0.1) is 0 Å². The van der Waals surface area contributed by atoms with E-state index >= 15 is 0 Å². The molecule has 0 atom stereocenters. The largest absolute Gasteiger partial charge is 0.350 e. The fraction of sp³-hybridized carbons (Fsp3) is 0.417. The van der Waals surface area contributed by atoms with Gasteiger partial charge < -0.3 is 10.6 Å². The summed E-state index contributed by atoms with van der Waals surface area (Å²) in [5.74, 6) is 0.386. The second-order valence-electron chi connectivity index (χ2n) is 5.35. The Bertz CT molecular complexity index is 621. The van der Waals surface area contributed by atoms with Crippen molar-refractivity contribution in [3.8, 4) is 5.95 Å². The molecule has 9 heteroatoms. The average molecular weight is 310 g/mol. The van der Waals surface area contributed by atoms with Gasteiger partial charge in [-0.05, 0) is 32.4 Å². The molecule has 0 aliphatic rings. The van der Waals surface area contributed by atoms with Crippen LogP contribution in [0.1, 0.15) is 20.8 Å². The monoisotopic (exact) mass is 309 g/mol. The van der Waals surface area contributed by atoms with Gasteiger partial charge in [0.25, 0.3) is 0 Å². The predicted octanol–water partition coefficient (Wildman–Crippen LogP) is 1.04. The Hall–Kier alpha value is -2.22. The van der Waals surface area contributed by atoms with E-state index in [1.54, 1.807) is 23.3 Å². The van der Waals surface area contributed by atoms with Crippen molar-refractivity contribution in [2.24, 2.45) is 0 Å². The third-order valence-corrected chi connectivity index (χ3v) is 2.42. The van der Waals surface area contributed by atoms with Crippen molar-refractivity contribution >= 4 is 23.5 Å². The first-order valence-corrected chi connectivity index (χ1v) is 6.66. The number of nitrogens with zero attached hydrogens (tertiary/aromatic N) is 5. The standard InChI is InChI=1S/C12H16ClN7O/c1-12(2,3)19-8(21)6-15-10-16-9(13)17-11(18-10)20-5-4-14-7-20/h4-5,7H,6H2,1-3H3,(H,19,21)(H,15,16,17,18). The third-order valence-electron chi connectivity index (χ3n) is 2.25. The third kappa shape index (κ3) is 4.67. The number of rotatable bonds is 4. The zero-order chi connectivity index (χ0) is 15.5. The van der Waals surface area contributed by atoms with Gasteiger partial charge in [0.2, 0.25) is 23.1 Å². The minimum atomic E-state index is -0.294. The molecule has 2 aromatic heterocycles. The highest BCUT2D eigenvalue weighted by Crippen LogP contribution is 2.09. The molecule has 0 spiro atoms. The summed E-state index contributed by atoms with van der Waals surface area (Å²) in [4.78, 5) is 27.7. The van der Waals surface area contributed by atoms with Crippen LogP contribution in [0.2, 0.25) is 5.28 Å². The Morgan fingerprint density at radius 1 is 1.33 bits per heavy atom. The van der Waals surface area contributed by atoms with Crippen molar-refractivity contribution < 1.29 is 4.79 Å². The van der Waals surface area contributed by atoms with E-state index in [1.165, 1.54) is 0 Å². The van der Waals surface area contributed by atoms with Gasteiger partial charge in [-0.25, -0.2) is 4.98 Å². The molecule has 2 N–H and O–H groups in total. The van der Waals surface area contributed by atoms with Gasteiger partial charge in [-0.2, -0.15) is 15.0 Å². The van der Waals surface area contributed by atoms with Crippen molar-refractivity contribution in [1.29, 1.82) is 0 Å². The molecule has 8 nitrogen and oxygen atoms in total. The van der Waals surface area contributed by atoms with Crippen molar-refractivity contribution in [2.75, 3.05) is 11.9 Å². The number of aromatic nitrogens is 5. The van der Waals surface area contributed by atoms with Gasteiger partial charge in [0.15, 0.2) is 0 Å². The summed E-state index contributed by atoms with van der Waals surface area (Å²) in [6.45, 7) is 5.76. The number of amides is 1. The molecule has 2 heterocycles. The van der Waals surface area contributed by atoms with E-state index < -0.39 is 0 Å². The highest BCUT2D eigenvalue weighted by Gasteiger charge is 2.14. The first kappa shape index (κ1) is 15.2. The Morgan fingerprint density at radius 2 is 2.10 bits per heavy atom. The minimum Gasteiger partial charge on any atom is -0.350 e. The van der Waals surface area contributed by atoms with Crippen LogP contribution in [0.4, 0.5) is 5.95 Å². The molecule has 1 amide bonds. The van der Waals surface area contributed by atoms with Crippen molar-refractivity contribution in [1.82, 2.24) is 29.8 Å². The van der Waals surface area contributed by atoms with Crippen LogP contribution in [0.15, 0.2) is 18.7 Å². The molecule has 0 bridgehead atoms. The van der Waals surface area contributed by atoms with E-state index in [1.807, 2.05) is 20.8 Å². The summed E-state index contributed by atoms with van der Waals surface area (Å²) in [5.41, 5.74) is -0.294. The molecule has 21 heavy (non-hydrogen) atoms. The summed E-state index contributed by atoms with van der Waals surface area (Å²) >= 11 is 5.85. The minimum absolute atomic E-state index is 0.0347. The lowest BCUT2D eigenvalue weighted by molar-refractivity contribution is -0.120. The normalized spacial score (nSPS) is 11.2. The van der Waals surface area contributed by atoms with E-state index in [9.17, 15) is 4.79 Å². The van der Waals surface area contributed by atoms with Crippen molar-refractivity contribution in [2.45, 2.75) is 26.3 Å². The molecule has 0 saturated carbocycles. The number of nitrogens with one attached hydrogen (secondary N) is 2. The number of anilines is 1. The van der Waals surface area contributed by atoms with Crippen LogP contribution in [-0.4, -0.2) is 42.5 Å². The number of hydrogen-bond acceptors (Lipinski definition) is 6. The second kappa shape index (κ2) is 6.04. The van der Waals surface area contributed by atoms with Crippen LogP contribution in [0.3, 0.4) is 0 Å². The fourth-order valence-corrected chi connectivity index (χ4v) is 1.69. The molecular weight excluding hydrogens is 294 g/mol. The lowest BCUT2D eigenvalue weighted by Gasteiger charge is -2.20. The number of halogens is 1. The Kier molecular flexibility index (Phi) is 4.37. The highest BCUT2D eigenvalue weighted by atomic mass is 35.5. The van der Waals surface area contributed by atoms with Crippen LogP contribution in [-0.2, 0) is 4.79 Å². The quantitative estimate of drug-likeness (QED) is 0.875. The average Bonchev–Trinajstić information content (AvgIpc) is 2.87. The van der Waals surface area contributed by atoms with Gasteiger partial charge in [-0.15, -0.1) is 0 Å². The van der Waals surface area contributed by atoms with E-state index in [0.29, 0.717) is 5.95 Å². The molecule has 2 rings (SSSR count). The van der Waals surface area contributed by atoms with E-state index in [0.717, 1.165) is 0 Å². The number of imidazole rings is 1. The maximum atomic E-state index is 11.7. The number of carbonyl (C=O) groups excluding carboxylic acids is 1.